The molecular weight excluding hydrogens is 252 g/mol. The summed E-state index contributed by atoms with van der Waals surface area (Å²) in [4.78, 5) is 12.3. The predicted molar refractivity (Wildman–Crippen MR) is 83.1 cm³/mol. The summed E-state index contributed by atoms with van der Waals surface area (Å²) in [5.41, 5.74) is 1.90. The first kappa shape index (κ1) is 15.9. The Kier molecular flexibility index (Phi) is 5.70. The fourth-order valence-corrected chi connectivity index (χ4v) is 3.13. The average molecular weight is 276 g/mol. The summed E-state index contributed by atoms with van der Waals surface area (Å²) in [6, 6.07) is 10.2. The summed E-state index contributed by atoms with van der Waals surface area (Å²) >= 11 is 0. The van der Waals surface area contributed by atoms with Gasteiger partial charge in [0, 0.05) is 12.7 Å². The molecule has 0 aliphatic rings. The summed E-state index contributed by atoms with van der Waals surface area (Å²) in [5, 5.41) is 0.215. The van der Waals surface area contributed by atoms with E-state index in [1.807, 2.05) is 37.8 Å². The number of carbonyl (C=O) groups is 1. The Hall–Kier alpha value is -1.19. The normalized spacial score (nSPS) is 13.1. The summed E-state index contributed by atoms with van der Waals surface area (Å²) in [6.45, 7) is 10.1. The second kappa shape index (κ2) is 6.82. The Balaban J connectivity index is 2.64. The minimum Gasteiger partial charge on any atom is -0.377 e. The molecule has 0 aromatic heterocycles. The Labute approximate surface area is 117 Å². The van der Waals surface area contributed by atoms with E-state index in [1.54, 1.807) is 7.11 Å². The predicted octanol–water partition coefficient (Wildman–Crippen LogP) is 3.64. The third-order valence-corrected chi connectivity index (χ3v) is 4.87. The van der Waals surface area contributed by atoms with Crippen LogP contribution < -0.4 is 0 Å². The molecule has 0 heterocycles. The fraction of sp³-hybridized carbons (Fsp3) is 0.438. The third kappa shape index (κ3) is 4.77. The van der Waals surface area contributed by atoms with Gasteiger partial charge < -0.3 is 9.53 Å². The summed E-state index contributed by atoms with van der Waals surface area (Å²) < 4.78 is 5.45. The van der Waals surface area contributed by atoms with Gasteiger partial charge in [-0.1, -0.05) is 56.6 Å². The minimum absolute atomic E-state index is 0.167. The Morgan fingerprint density at radius 3 is 2.32 bits per heavy atom. The minimum atomic E-state index is -1.83. The van der Waals surface area contributed by atoms with Crippen molar-refractivity contribution in [3.05, 3.63) is 48.0 Å². The molecule has 0 radical (unpaired) electrons. The van der Waals surface area contributed by atoms with Crippen LogP contribution in [0.25, 0.3) is 0 Å². The quantitative estimate of drug-likeness (QED) is 0.561. The SMILES string of the molecule is C=C(C(=O)[Si](C)(C)C)C(CCc1ccccc1)OC. The lowest BCUT2D eigenvalue weighted by Crippen LogP contribution is -2.38. The van der Waals surface area contributed by atoms with E-state index in [0.29, 0.717) is 5.57 Å². The van der Waals surface area contributed by atoms with Gasteiger partial charge in [0.05, 0.1) is 6.10 Å². The van der Waals surface area contributed by atoms with Gasteiger partial charge in [-0.2, -0.15) is 0 Å². The van der Waals surface area contributed by atoms with Crippen molar-refractivity contribution in [2.24, 2.45) is 0 Å². The average Bonchev–Trinajstić information content (AvgIpc) is 2.38. The zero-order chi connectivity index (χ0) is 14.5. The van der Waals surface area contributed by atoms with Gasteiger partial charge in [0.1, 0.15) is 13.5 Å². The fourth-order valence-electron chi connectivity index (χ4n) is 2.00. The highest BCUT2D eigenvalue weighted by Gasteiger charge is 2.30. The summed E-state index contributed by atoms with van der Waals surface area (Å²) in [6.07, 6.45) is 1.53. The van der Waals surface area contributed by atoms with E-state index in [9.17, 15) is 4.79 Å². The topological polar surface area (TPSA) is 26.3 Å². The van der Waals surface area contributed by atoms with Crippen molar-refractivity contribution in [1.29, 1.82) is 0 Å². The first-order valence-corrected chi connectivity index (χ1v) is 10.2. The molecule has 3 heteroatoms. The number of aryl methyl sites for hydroxylation is 1. The lowest BCUT2D eigenvalue weighted by molar-refractivity contribution is -0.110. The number of methoxy groups -OCH3 is 1. The second-order valence-corrected chi connectivity index (χ2v) is 10.8. The molecule has 19 heavy (non-hydrogen) atoms. The highest BCUT2D eigenvalue weighted by Crippen LogP contribution is 2.18. The largest absolute Gasteiger partial charge is 0.377 e. The number of carbonyl (C=O) groups excluding carboxylic acids is 1. The maximum absolute atomic E-state index is 12.3. The molecule has 0 aliphatic carbocycles. The van der Waals surface area contributed by atoms with Gasteiger partial charge in [0.2, 0.25) is 0 Å². The second-order valence-electron chi connectivity index (χ2n) is 5.85. The molecule has 0 fully saturated rings. The van der Waals surface area contributed by atoms with Crippen molar-refractivity contribution in [1.82, 2.24) is 0 Å². The van der Waals surface area contributed by atoms with E-state index in [0.717, 1.165) is 12.8 Å². The van der Waals surface area contributed by atoms with Crippen molar-refractivity contribution >= 4 is 13.5 Å². The van der Waals surface area contributed by atoms with Crippen LogP contribution in [-0.2, 0) is 16.0 Å². The molecule has 0 amide bonds. The number of rotatable bonds is 7. The van der Waals surface area contributed by atoms with Gasteiger partial charge >= 0.3 is 0 Å². The molecule has 2 nitrogen and oxygen atoms in total. The first-order chi connectivity index (χ1) is 8.86. The van der Waals surface area contributed by atoms with Gasteiger partial charge in [0.25, 0.3) is 0 Å². The van der Waals surface area contributed by atoms with Gasteiger partial charge in [-0.3, -0.25) is 0 Å². The molecule has 1 atom stereocenters. The molecule has 1 unspecified atom stereocenters. The van der Waals surface area contributed by atoms with Gasteiger partial charge in [-0.05, 0) is 18.4 Å². The molecule has 0 saturated carbocycles. The van der Waals surface area contributed by atoms with Crippen LogP contribution >= 0.6 is 0 Å². The van der Waals surface area contributed by atoms with Gasteiger partial charge in [0.15, 0.2) is 0 Å². The standard InChI is InChI=1S/C16H24O2Si/c1-13(16(17)19(3,4)5)15(18-2)12-11-14-9-7-6-8-10-14/h6-10,15H,1,11-12H2,2-5H3. The van der Waals surface area contributed by atoms with E-state index < -0.39 is 8.07 Å². The molecule has 0 N–H and O–H groups in total. The number of ether oxygens (including phenoxy) is 1. The lowest BCUT2D eigenvalue weighted by atomic mass is 10.0. The van der Waals surface area contributed by atoms with Crippen molar-refractivity contribution in [3.8, 4) is 0 Å². The number of benzene rings is 1. The van der Waals surface area contributed by atoms with Crippen LogP contribution in [0.4, 0.5) is 0 Å². The first-order valence-electron chi connectivity index (χ1n) is 6.66. The third-order valence-electron chi connectivity index (χ3n) is 3.18. The van der Waals surface area contributed by atoms with Crippen LogP contribution in [0.15, 0.2) is 42.5 Å². The van der Waals surface area contributed by atoms with E-state index in [-0.39, 0.29) is 11.5 Å². The van der Waals surface area contributed by atoms with E-state index in [1.165, 1.54) is 5.56 Å². The van der Waals surface area contributed by atoms with Crippen LogP contribution in [0.5, 0.6) is 0 Å². The van der Waals surface area contributed by atoms with Crippen LogP contribution in [-0.4, -0.2) is 26.7 Å². The van der Waals surface area contributed by atoms with E-state index in [2.05, 4.69) is 18.7 Å². The molecular formula is C16H24O2Si. The number of hydrogen-bond acceptors (Lipinski definition) is 2. The zero-order valence-electron chi connectivity index (χ0n) is 12.4. The smallest absolute Gasteiger partial charge is 0.137 e. The highest BCUT2D eigenvalue weighted by molar-refractivity contribution is 7.05. The molecule has 1 aromatic rings. The molecule has 1 aromatic carbocycles. The highest BCUT2D eigenvalue weighted by atomic mass is 28.3. The molecule has 0 spiro atoms. The summed E-state index contributed by atoms with van der Waals surface area (Å²) in [7, 11) is -0.178. The van der Waals surface area contributed by atoms with Crippen LogP contribution in [0.2, 0.25) is 19.6 Å². The Morgan fingerprint density at radius 1 is 1.26 bits per heavy atom. The molecule has 1 rings (SSSR count). The van der Waals surface area contributed by atoms with E-state index >= 15 is 0 Å². The van der Waals surface area contributed by atoms with Crippen molar-refractivity contribution in [3.63, 3.8) is 0 Å². The summed E-state index contributed by atoms with van der Waals surface area (Å²) in [5.74, 6) is 0. The Morgan fingerprint density at radius 2 is 1.84 bits per heavy atom. The maximum atomic E-state index is 12.3. The van der Waals surface area contributed by atoms with Crippen molar-refractivity contribution in [2.45, 2.75) is 38.6 Å². The van der Waals surface area contributed by atoms with Crippen LogP contribution in [0, 0.1) is 0 Å². The molecule has 0 saturated heterocycles. The van der Waals surface area contributed by atoms with Gasteiger partial charge in [-0.25, -0.2) is 0 Å². The van der Waals surface area contributed by atoms with Crippen molar-refractivity contribution < 1.29 is 9.53 Å². The number of hydrogen-bond donors (Lipinski definition) is 0. The zero-order valence-corrected chi connectivity index (χ0v) is 13.4. The Bertz CT molecular complexity index is 432. The molecule has 0 aliphatic heterocycles. The van der Waals surface area contributed by atoms with Crippen molar-refractivity contribution in [2.75, 3.05) is 7.11 Å². The monoisotopic (exact) mass is 276 g/mol. The molecule has 0 bridgehead atoms. The van der Waals surface area contributed by atoms with Crippen LogP contribution in [0.1, 0.15) is 12.0 Å². The lowest BCUT2D eigenvalue weighted by Gasteiger charge is -2.22. The molecule has 104 valence electrons. The van der Waals surface area contributed by atoms with Gasteiger partial charge in [-0.15, -0.1) is 0 Å². The maximum Gasteiger partial charge on any atom is 0.137 e. The van der Waals surface area contributed by atoms with E-state index in [4.69, 9.17) is 4.74 Å². The van der Waals surface area contributed by atoms with Crippen LogP contribution in [0.3, 0.4) is 0 Å².